The van der Waals surface area contributed by atoms with Gasteiger partial charge in [-0.3, -0.25) is 0 Å². The molecule has 0 radical (unpaired) electrons. The predicted molar refractivity (Wildman–Crippen MR) is 100 cm³/mol. The highest BCUT2D eigenvalue weighted by atomic mass is 16.1. The molecule has 0 atom stereocenters. The second-order valence-electron chi connectivity index (χ2n) is 6.61. The lowest BCUT2D eigenvalue weighted by atomic mass is 10.1. The fourth-order valence-corrected chi connectivity index (χ4v) is 2.76. The average molecular weight is 315 g/mol. The lowest BCUT2D eigenvalue weighted by Crippen LogP contribution is -2.50. The Hall–Kier alpha value is -0.370. The van der Waals surface area contributed by atoms with Crippen molar-refractivity contribution in [1.29, 1.82) is 0 Å². The summed E-state index contributed by atoms with van der Waals surface area (Å²) in [7, 11) is 0. The van der Waals surface area contributed by atoms with E-state index in [4.69, 9.17) is 0 Å². The Morgan fingerprint density at radius 1 is 0.591 bits per heavy atom. The van der Waals surface area contributed by atoms with Crippen LogP contribution in [0.4, 0.5) is 0 Å². The molecule has 0 rings (SSSR count). The van der Waals surface area contributed by atoms with Gasteiger partial charge < -0.3 is 9.28 Å². The first-order valence-corrected chi connectivity index (χ1v) is 9.94. The van der Waals surface area contributed by atoms with Crippen LogP contribution in [-0.2, 0) is 4.79 Å². The van der Waals surface area contributed by atoms with E-state index in [1.807, 2.05) is 6.92 Å². The number of quaternary nitrogens is 1. The second kappa shape index (κ2) is 18.7. The van der Waals surface area contributed by atoms with E-state index in [1.165, 1.54) is 82.0 Å². The van der Waals surface area contributed by atoms with E-state index in [1.54, 1.807) is 0 Å². The van der Waals surface area contributed by atoms with Crippen molar-refractivity contribution in [1.82, 2.24) is 0 Å². The van der Waals surface area contributed by atoms with E-state index in [2.05, 4.69) is 27.7 Å². The number of aldehydes is 1. The molecule has 0 unspecified atom stereocenters. The molecule has 2 nitrogen and oxygen atoms in total. The molecule has 0 saturated carbocycles. The molecule has 0 N–H and O–H groups in total. The Morgan fingerprint density at radius 2 is 0.909 bits per heavy atom. The lowest BCUT2D eigenvalue weighted by molar-refractivity contribution is -0.929. The zero-order valence-corrected chi connectivity index (χ0v) is 16.3. The van der Waals surface area contributed by atoms with Crippen LogP contribution in [0, 0.1) is 0 Å². The van der Waals surface area contributed by atoms with E-state index in [0.717, 1.165) is 12.7 Å². The zero-order chi connectivity index (χ0) is 17.1. The van der Waals surface area contributed by atoms with Crippen LogP contribution in [0.3, 0.4) is 0 Å². The van der Waals surface area contributed by atoms with E-state index >= 15 is 0 Å². The molecular formula is C20H44NO+. The normalized spacial score (nSPS) is 11.0. The van der Waals surface area contributed by atoms with Crippen LogP contribution in [-0.4, -0.2) is 36.9 Å². The smallest absolute Gasteiger partial charge is 0.119 e. The van der Waals surface area contributed by atoms with Crippen molar-refractivity contribution in [3.05, 3.63) is 0 Å². The van der Waals surface area contributed by atoms with Crippen LogP contribution in [0.2, 0.25) is 0 Å². The maximum atomic E-state index is 9.40. The molecule has 0 aromatic heterocycles. The summed E-state index contributed by atoms with van der Waals surface area (Å²) in [5, 5.41) is 0. The van der Waals surface area contributed by atoms with Crippen molar-refractivity contribution < 1.29 is 9.28 Å². The lowest BCUT2D eigenvalue weighted by Gasteiger charge is -2.39. The third-order valence-corrected chi connectivity index (χ3v) is 4.35. The van der Waals surface area contributed by atoms with Crippen LogP contribution in [0.15, 0.2) is 0 Å². The molecule has 0 amide bonds. The molecule has 0 spiro atoms. The highest BCUT2D eigenvalue weighted by molar-refractivity contribution is 5.48. The van der Waals surface area contributed by atoms with Crippen molar-refractivity contribution >= 4 is 6.29 Å². The summed E-state index contributed by atoms with van der Waals surface area (Å²) >= 11 is 0. The number of unbranched alkanes of at least 4 members (excludes halogenated alkanes) is 5. The molecule has 0 aromatic rings. The highest BCUT2D eigenvalue weighted by Crippen LogP contribution is 2.16. The quantitative estimate of drug-likeness (QED) is 0.284. The molecule has 0 saturated heterocycles. The minimum atomic E-state index is 0.708. The van der Waals surface area contributed by atoms with Gasteiger partial charge in [-0.2, -0.15) is 0 Å². The molecule has 0 aliphatic heterocycles. The molecule has 22 heavy (non-hydrogen) atoms. The molecular weight excluding hydrogens is 270 g/mol. The van der Waals surface area contributed by atoms with Crippen molar-refractivity contribution in [2.45, 2.75) is 98.8 Å². The van der Waals surface area contributed by atoms with Crippen molar-refractivity contribution in [3.8, 4) is 0 Å². The first kappa shape index (κ1) is 23.9. The molecule has 0 fully saturated rings. The number of rotatable bonds is 14. The van der Waals surface area contributed by atoms with E-state index in [9.17, 15) is 4.79 Å². The van der Waals surface area contributed by atoms with Gasteiger partial charge in [0, 0.05) is 6.42 Å². The van der Waals surface area contributed by atoms with Crippen molar-refractivity contribution in [2.75, 3.05) is 26.2 Å². The minimum absolute atomic E-state index is 0.708. The van der Waals surface area contributed by atoms with Crippen molar-refractivity contribution in [2.24, 2.45) is 0 Å². The molecule has 0 aliphatic rings. The Morgan fingerprint density at radius 3 is 1.05 bits per heavy atom. The first-order valence-electron chi connectivity index (χ1n) is 9.94. The van der Waals surface area contributed by atoms with Crippen LogP contribution < -0.4 is 0 Å². The molecule has 2 heteroatoms. The Bertz CT molecular complexity index is 178. The standard InChI is InChI=1S/C16H36N.C4H8O/c1-5-9-13-17(14-10-6-2,15-11-7-3)16-12-8-4;1-2-3-4-5/h5-16H2,1-4H3;4H,2-3H2,1H3/q+1;. The van der Waals surface area contributed by atoms with Gasteiger partial charge in [0.25, 0.3) is 0 Å². The van der Waals surface area contributed by atoms with Crippen LogP contribution in [0.5, 0.6) is 0 Å². The molecule has 0 aliphatic carbocycles. The Labute approximate surface area is 141 Å². The Kier molecular flexibility index (Phi) is 20.3. The molecule has 0 heterocycles. The maximum absolute atomic E-state index is 9.40. The number of hydrogen-bond acceptors (Lipinski definition) is 1. The zero-order valence-electron chi connectivity index (χ0n) is 16.3. The maximum Gasteiger partial charge on any atom is 0.119 e. The highest BCUT2D eigenvalue weighted by Gasteiger charge is 2.24. The van der Waals surface area contributed by atoms with Gasteiger partial charge >= 0.3 is 0 Å². The topological polar surface area (TPSA) is 17.1 Å². The predicted octanol–water partition coefficient (Wildman–Crippen LogP) is 5.99. The van der Waals surface area contributed by atoms with E-state index in [-0.39, 0.29) is 0 Å². The summed E-state index contributed by atoms with van der Waals surface area (Å²) in [5.41, 5.74) is 0. The van der Waals surface area contributed by atoms with Gasteiger partial charge in [0.2, 0.25) is 0 Å². The van der Waals surface area contributed by atoms with Crippen molar-refractivity contribution in [3.63, 3.8) is 0 Å². The fourth-order valence-electron chi connectivity index (χ4n) is 2.76. The average Bonchev–Trinajstić information content (AvgIpc) is 2.55. The third kappa shape index (κ3) is 14.6. The van der Waals surface area contributed by atoms with Gasteiger partial charge in [-0.25, -0.2) is 0 Å². The second-order valence-corrected chi connectivity index (χ2v) is 6.61. The van der Waals surface area contributed by atoms with E-state index in [0.29, 0.717) is 6.42 Å². The molecule has 134 valence electrons. The third-order valence-electron chi connectivity index (χ3n) is 4.35. The molecule has 0 aromatic carbocycles. The summed E-state index contributed by atoms with van der Waals surface area (Å²) in [4.78, 5) is 9.40. The largest absolute Gasteiger partial charge is 0.324 e. The fraction of sp³-hybridized carbons (Fsp3) is 0.950. The number of hydrogen-bond donors (Lipinski definition) is 0. The van der Waals surface area contributed by atoms with Gasteiger partial charge in [0.05, 0.1) is 26.2 Å². The number of carbonyl (C=O) groups excluding carboxylic acids is 1. The van der Waals surface area contributed by atoms with Crippen LogP contribution in [0.25, 0.3) is 0 Å². The van der Waals surface area contributed by atoms with Crippen LogP contribution >= 0.6 is 0 Å². The number of nitrogens with zero attached hydrogens (tertiary/aromatic N) is 1. The van der Waals surface area contributed by atoms with Crippen LogP contribution in [0.1, 0.15) is 98.8 Å². The summed E-state index contributed by atoms with van der Waals surface area (Å²) in [6.07, 6.45) is 13.7. The number of carbonyl (C=O) groups is 1. The molecule has 0 bridgehead atoms. The SMILES string of the molecule is CCCC=O.CCCC[N+](CCCC)(CCCC)CCCC. The monoisotopic (exact) mass is 314 g/mol. The van der Waals surface area contributed by atoms with Gasteiger partial charge in [0.15, 0.2) is 0 Å². The minimum Gasteiger partial charge on any atom is -0.324 e. The Balaban J connectivity index is 0. The summed E-state index contributed by atoms with van der Waals surface area (Å²) in [6, 6.07) is 0. The van der Waals surface area contributed by atoms with Gasteiger partial charge in [-0.15, -0.1) is 0 Å². The van der Waals surface area contributed by atoms with Gasteiger partial charge in [-0.05, 0) is 32.1 Å². The summed E-state index contributed by atoms with van der Waals surface area (Å²) in [6.45, 7) is 17.0. The van der Waals surface area contributed by atoms with Gasteiger partial charge in [-0.1, -0.05) is 60.3 Å². The van der Waals surface area contributed by atoms with E-state index < -0.39 is 0 Å². The first-order chi connectivity index (χ1) is 10.7. The van der Waals surface area contributed by atoms with Gasteiger partial charge in [0.1, 0.15) is 6.29 Å². The summed E-state index contributed by atoms with van der Waals surface area (Å²) in [5.74, 6) is 0. The summed E-state index contributed by atoms with van der Waals surface area (Å²) < 4.78 is 1.42.